The number of phenols is 1. The predicted molar refractivity (Wildman–Crippen MR) is 67.4 cm³/mol. The topological polar surface area (TPSA) is 45.1 Å². The summed E-state index contributed by atoms with van der Waals surface area (Å²) in [7, 11) is 0. The highest BCUT2D eigenvalue weighted by atomic mass is 79.9. The zero-order chi connectivity index (χ0) is 11.4. The second-order valence-corrected chi connectivity index (χ2v) is 4.20. The SMILES string of the molecule is Oc1c(Br)cccc1CNc1cccnc1. The lowest BCUT2D eigenvalue weighted by Gasteiger charge is -2.08. The van der Waals surface area contributed by atoms with Crippen molar-refractivity contribution in [3.8, 4) is 5.75 Å². The quantitative estimate of drug-likeness (QED) is 0.907. The van der Waals surface area contributed by atoms with Crippen LogP contribution in [0.2, 0.25) is 0 Å². The van der Waals surface area contributed by atoms with E-state index in [4.69, 9.17) is 0 Å². The maximum absolute atomic E-state index is 9.77. The van der Waals surface area contributed by atoms with Crippen LogP contribution in [0.1, 0.15) is 5.56 Å². The molecule has 0 aliphatic heterocycles. The zero-order valence-electron chi connectivity index (χ0n) is 8.52. The van der Waals surface area contributed by atoms with Gasteiger partial charge in [0.2, 0.25) is 0 Å². The molecule has 82 valence electrons. The second kappa shape index (κ2) is 4.99. The van der Waals surface area contributed by atoms with E-state index in [9.17, 15) is 5.11 Å². The van der Waals surface area contributed by atoms with Gasteiger partial charge in [0.25, 0.3) is 0 Å². The van der Waals surface area contributed by atoms with Gasteiger partial charge in [0.1, 0.15) is 5.75 Å². The molecule has 0 radical (unpaired) electrons. The number of benzene rings is 1. The van der Waals surface area contributed by atoms with Crippen LogP contribution in [0.4, 0.5) is 5.69 Å². The molecule has 1 aromatic heterocycles. The van der Waals surface area contributed by atoms with Crippen molar-refractivity contribution >= 4 is 21.6 Å². The minimum atomic E-state index is 0.277. The van der Waals surface area contributed by atoms with Crippen molar-refractivity contribution in [1.82, 2.24) is 4.98 Å². The number of aromatic nitrogens is 1. The maximum Gasteiger partial charge on any atom is 0.134 e. The smallest absolute Gasteiger partial charge is 0.134 e. The Morgan fingerprint density at radius 1 is 1.25 bits per heavy atom. The Balaban J connectivity index is 2.08. The molecule has 0 bridgehead atoms. The van der Waals surface area contributed by atoms with Crippen LogP contribution in [0.15, 0.2) is 47.2 Å². The predicted octanol–water partition coefficient (Wildman–Crippen LogP) is 3.16. The van der Waals surface area contributed by atoms with E-state index in [2.05, 4.69) is 26.2 Å². The maximum atomic E-state index is 9.77. The Hall–Kier alpha value is -1.55. The van der Waals surface area contributed by atoms with Gasteiger partial charge in [-0.25, -0.2) is 0 Å². The van der Waals surface area contributed by atoms with Crippen LogP contribution in [-0.4, -0.2) is 10.1 Å². The van der Waals surface area contributed by atoms with Crippen molar-refractivity contribution < 1.29 is 5.11 Å². The lowest BCUT2D eigenvalue weighted by molar-refractivity contribution is 0.465. The molecule has 1 aromatic carbocycles. The van der Waals surface area contributed by atoms with E-state index < -0.39 is 0 Å². The third-order valence-corrected chi connectivity index (χ3v) is 2.85. The number of nitrogens with one attached hydrogen (secondary N) is 1. The van der Waals surface area contributed by atoms with E-state index in [1.54, 1.807) is 12.4 Å². The van der Waals surface area contributed by atoms with Crippen molar-refractivity contribution in [2.45, 2.75) is 6.54 Å². The fourth-order valence-electron chi connectivity index (χ4n) is 1.37. The van der Waals surface area contributed by atoms with Crippen LogP contribution in [0.3, 0.4) is 0 Å². The van der Waals surface area contributed by atoms with Gasteiger partial charge in [0.15, 0.2) is 0 Å². The van der Waals surface area contributed by atoms with Crippen molar-refractivity contribution in [1.29, 1.82) is 0 Å². The number of pyridine rings is 1. The van der Waals surface area contributed by atoms with Gasteiger partial charge >= 0.3 is 0 Å². The van der Waals surface area contributed by atoms with Gasteiger partial charge < -0.3 is 10.4 Å². The molecule has 0 aliphatic rings. The van der Waals surface area contributed by atoms with E-state index in [0.717, 1.165) is 11.3 Å². The second-order valence-electron chi connectivity index (χ2n) is 3.34. The molecule has 2 rings (SSSR count). The Bertz CT molecular complexity index is 474. The molecule has 0 atom stereocenters. The van der Waals surface area contributed by atoms with Gasteiger partial charge in [-0.3, -0.25) is 4.98 Å². The minimum absolute atomic E-state index is 0.277. The number of nitrogens with zero attached hydrogens (tertiary/aromatic N) is 1. The van der Waals surface area contributed by atoms with Gasteiger partial charge in [-0.05, 0) is 34.1 Å². The summed E-state index contributed by atoms with van der Waals surface area (Å²) >= 11 is 3.28. The first kappa shape index (κ1) is 11.0. The number of hydrogen-bond acceptors (Lipinski definition) is 3. The average molecular weight is 279 g/mol. The van der Waals surface area contributed by atoms with E-state index >= 15 is 0 Å². The Morgan fingerprint density at radius 3 is 2.88 bits per heavy atom. The van der Waals surface area contributed by atoms with Crippen molar-refractivity contribution in [2.75, 3.05) is 5.32 Å². The van der Waals surface area contributed by atoms with E-state index in [1.165, 1.54) is 0 Å². The molecule has 0 fully saturated rings. The fourth-order valence-corrected chi connectivity index (χ4v) is 1.77. The molecule has 0 amide bonds. The molecule has 0 aliphatic carbocycles. The number of para-hydroxylation sites is 1. The van der Waals surface area contributed by atoms with Gasteiger partial charge in [-0.2, -0.15) is 0 Å². The highest BCUT2D eigenvalue weighted by Crippen LogP contribution is 2.27. The van der Waals surface area contributed by atoms with Crippen LogP contribution >= 0.6 is 15.9 Å². The molecule has 4 heteroatoms. The number of aromatic hydroxyl groups is 1. The summed E-state index contributed by atoms with van der Waals surface area (Å²) in [5.41, 5.74) is 1.78. The van der Waals surface area contributed by atoms with Crippen molar-refractivity contribution in [3.63, 3.8) is 0 Å². The van der Waals surface area contributed by atoms with Gasteiger partial charge in [-0.15, -0.1) is 0 Å². The number of hydrogen-bond donors (Lipinski definition) is 2. The summed E-state index contributed by atoms with van der Waals surface area (Å²) in [5.74, 6) is 0.277. The van der Waals surface area contributed by atoms with E-state index in [0.29, 0.717) is 11.0 Å². The average Bonchev–Trinajstić information content (AvgIpc) is 2.32. The Labute approximate surface area is 102 Å². The lowest BCUT2D eigenvalue weighted by atomic mass is 10.2. The van der Waals surface area contributed by atoms with E-state index in [-0.39, 0.29) is 5.75 Å². The molecular formula is C12H11BrN2O. The first-order chi connectivity index (χ1) is 7.77. The third kappa shape index (κ3) is 2.52. The van der Waals surface area contributed by atoms with Gasteiger partial charge in [0.05, 0.1) is 10.2 Å². The first-order valence-corrected chi connectivity index (χ1v) is 5.67. The number of anilines is 1. The van der Waals surface area contributed by atoms with Crippen LogP contribution in [0.25, 0.3) is 0 Å². The molecule has 0 saturated heterocycles. The monoisotopic (exact) mass is 278 g/mol. The molecule has 1 heterocycles. The molecule has 3 nitrogen and oxygen atoms in total. The first-order valence-electron chi connectivity index (χ1n) is 4.87. The molecular weight excluding hydrogens is 268 g/mol. The normalized spacial score (nSPS) is 10.1. The Morgan fingerprint density at radius 2 is 2.12 bits per heavy atom. The summed E-state index contributed by atoms with van der Waals surface area (Å²) in [4.78, 5) is 4.00. The fraction of sp³-hybridized carbons (Fsp3) is 0.0833. The summed E-state index contributed by atoms with van der Waals surface area (Å²) in [5, 5.41) is 13.0. The van der Waals surface area contributed by atoms with Gasteiger partial charge in [0, 0.05) is 24.5 Å². The van der Waals surface area contributed by atoms with E-state index in [1.807, 2.05) is 30.3 Å². The number of phenolic OH excluding ortho intramolecular Hbond substituents is 1. The molecule has 0 spiro atoms. The van der Waals surface area contributed by atoms with Crippen LogP contribution in [-0.2, 0) is 6.54 Å². The molecule has 0 unspecified atom stereocenters. The lowest BCUT2D eigenvalue weighted by Crippen LogP contribution is -1.99. The molecule has 0 saturated carbocycles. The highest BCUT2D eigenvalue weighted by Gasteiger charge is 2.03. The molecule has 2 N–H and O–H groups in total. The zero-order valence-corrected chi connectivity index (χ0v) is 10.1. The van der Waals surface area contributed by atoms with Crippen molar-refractivity contribution in [2.24, 2.45) is 0 Å². The van der Waals surface area contributed by atoms with Crippen LogP contribution in [0.5, 0.6) is 5.75 Å². The summed E-state index contributed by atoms with van der Waals surface area (Å²) < 4.78 is 0.706. The standard InChI is InChI=1S/C12H11BrN2O/c13-11-5-1-3-9(12(11)16)7-15-10-4-2-6-14-8-10/h1-6,8,15-16H,7H2. The number of halogens is 1. The summed E-state index contributed by atoms with van der Waals surface area (Å²) in [6.45, 7) is 0.566. The van der Waals surface area contributed by atoms with Crippen LogP contribution in [0, 0.1) is 0 Å². The minimum Gasteiger partial charge on any atom is -0.506 e. The summed E-state index contributed by atoms with van der Waals surface area (Å²) in [6.07, 6.45) is 3.47. The van der Waals surface area contributed by atoms with Crippen molar-refractivity contribution in [3.05, 3.63) is 52.8 Å². The highest BCUT2D eigenvalue weighted by molar-refractivity contribution is 9.10. The largest absolute Gasteiger partial charge is 0.506 e. The van der Waals surface area contributed by atoms with Gasteiger partial charge in [-0.1, -0.05) is 12.1 Å². The molecule has 16 heavy (non-hydrogen) atoms. The summed E-state index contributed by atoms with van der Waals surface area (Å²) in [6, 6.07) is 9.38. The molecule has 2 aromatic rings. The van der Waals surface area contributed by atoms with Crippen LogP contribution < -0.4 is 5.32 Å². The third-order valence-electron chi connectivity index (χ3n) is 2.21. The number of rotatable bonds is 3. The Kier molecular flexibility index (Phi) is 3.41.